The Morgan fingerprint density at radius 3 is 2.60 bits per heavy atom. The summed E-state index contributed by atoms with van der Waals surface area (Å²) in [5.74, 6) is -2.08. The fourth-order valence-corrected chi connectivity index (χ4v) is 1.77. The van der Waals surface area contributed by atoms with Crippen molar-refractivity contribution >= 4 is 17.5 Å². The lowest BCUT2D eigenvalue weighted by molar-refractivity contribution is -0.136. The third-order valence-corrected chi connectivity index (χ3v) is 3.55. The molecule has 0 saturated heterocycles. The van der Waals surface area contributed by atoms with Crippen LogP contribution in [0.5, 0.6) is 0 Å². The molecule has 0 atom stereocenters. The van der Waals surface area contributed by atoms with Crippen LogP contribution in [0.15, 0.2) is 18.2 Å². The average molecular weight is 280 g/mol. The van der Waals surface area contributed by atoms with E-state index in [-0.39, 0.29) is 24.3 Å². The molecule has 0 aromatic heterocycles. The molecule has 0 aliphatic heterocycles. The Bertz CT molecular complexity index is 541. The van der Waals surface area contributed by atoms with Crippen molar-refractivity contribution in [1.82, 2.24) is 5.32 Å². The van der Waals surface area contributed by atoms with Gasteiger partial charge in [0.15, 0.2) is 0 Å². The number of aryl methyl sites for hydroxylation is 1. The number of hydrogen-bond acceptors (Lipinski definition) is 3. The molecule has 6 heteroatoms. The molecule has 1 aromatic rings. The molecule has 108 valence electrons. The zero-order valence-corrected chi connectivity index (χ0v) is 11.2. The predicted octanol–water partition coefficient (Wildman–Crippen LogP) is 0.961. The van der Waals surface area contributed by atoms with Gasteiger partial charge in [-0.3, -0.25) is 9.59 Å². The molecule has 3 N–H and O–H groups in total. The van der Waals surface area contributed by atoms with Crippen LogP contribution in [0.3, 0.4) is 0 Å². The molecule has 0 spiro atoms. The number of hydrogen-bond donors (Lipinski definition) is 3. The fraction of sp³-hybridized carbons (Fsp3) is 0.429. The highest BCUT2D eigenvalue weighted by molar-refractivity contribution is 6.39. The molecule has 1 saturated carbocycles. The summed E-state index contributed by atoms with van der Waals surface area (Å²) in [6.45, 7) is 1.88. The number of rotatable bonds is 4. The predicted molar refractivity (Wildman–Crippen MR) is 71.5 cm³/mol. The quantitative estimate of drug-likeness (QED) is 0.719. The van der Waals surface area contributed by atoms with Crippen LogP contribution in [-0.2, 0) is 9.59 Å². The first-order valence-electron chi connectivity index (χ1n) is 6.42. The van der Waals surface area contributed by atoms with E-state index in [1.165, 1.54) is 12.1 Å². The second kappa shape index (κ2) is 5.58. The van der Waals surface area contributed by atoms with Crippen LogP contribution in [0.2, 0.25) is 0 Å². The van der Waals surface area contributed by atoms with E-state index in [4.69, 9.17) is 5.11 Å². The molecule has 20 heavy (non-hydrogen) atoms. The number of benzene rings is 1. The van der Waals surface area contributed by atoms with E-state index in [2.05, 4.69) is 10.6 Å². The summed E-state index contributed by atoms with van der Waals surface area (Å²) in [7, 11) is 0. The van der Waals surface area contributed by atoms with Gasteiger partial charge in [0.1, 0.15) is 5.82 Å². The lowest BCUT2D eigenvalue weighted by Crippen LogP contribution is -2.39. The molecule has 0 unspecified atom stereocenters. The van der Waals surface area contributed by atoms with E-state index in [1.54, 1.807) is 6.92 Å². The van der Waals surface area contributed by atoms with Crippen molar-refractivity contribution in [2.75, 3.05) is 18.5 Å². The molecule has 5 nitrogen and oxygen atoms in total. The zero-order valence-electron chi connectivity index (χ0n) is 11.2. The van der Waals surface area contributed by atoms with Crippen molar-refractivity contribution in [2.24, 2.45) is 5.41 Å². The van der Waals surface area contributed by atoms with Gasteiger partial charge in [-0.05, 0) is 37.5 Å². The third-order valence-electron chi connectivity index (χ3n) is 3.55. The molecule has 0 radical (unpaired) electrons. The standard InChI is InChI=1S/C14H17FN2O3/c1-9-2-3-10(6-11(9)15)17-13(20)12(19)16-7-14(8-18)4-5-14/h2-3,6,18H,4-5,7-8H2,1H3,(H,16,19)(H,17,20). The molecular formula is C14H17FN2O3. The largest absolute Gasteiger partial charge is 0.396 e. The normalized spacial score (nSPS) is 15.6. The lowest BCUT2D eigenvalue weighted by atomic mass is 10.1. The number of carbonyl (C=O) groups excluding carboxylic acids is 2. The van der Waals surface area contributed by atoms with Crippen LogP contribution in [0, 0.1) is 18.2 Å². The van der Waals surface area contributed by atoms with E-state index in [0.29, 0.717) is 5.56 Å². The SMILES string of the molecule is Cc1ccc(NC(=O)C(=O)NCC2(CO)CC2)cc1F. The first kappa shape index (κ1) is 14.5. The van der Waals surface area contributed by atoms with Gasteiger partial charge < -0.3 is 15.7 Å². The molecule has 0 bridgehead atoms. The van der Waals surface area contributed by atoms with Crippen molar-refractivity contribution < 1.29 is 19.1 Å². The monoisotopic (exact) mass is 280 g/mol. The summed E-state index contributed by atoms with van der Waals surface area (Å²) < 4.78 is 13.3. The molecule has 1 aliphatic carbocycles. The van der Waals surface area contributed by atoms with Crippen molar-refractivity contribution in [1.29, 1.82) is 0 Å². The minimum absolute atomic E-state index is 0.00191. The van der Waals surface area contributed by atoms with E-state index in [0.717, 1.165) is 18.9 Å². The van der Waals surface area contributed by atoms with Gasteiger partial charge in [-0.1, -0.05) is 6.07 Å². The van der Waals surface area contributed by atoms with Gasteiger partial charge in [0.2, 0.25) is 0 Å². The van der Waals surface area contributed by atoms with Crippen molar-refractivity contribution in [3.05, 3.63) is 29.6 Å². The highest BCUT2D eigenvalue weighted by Gasteiger charge is 2.42. The molecule has 0 heterocycles. The Balaban J connectivity index is 1.87. The molecular weight excluding hydrogens is 263 g/mol. The maximum absolute atomic E-state index is 13.3. The summed E-state index contributed by atoms with van der Waals surface area (Å²) in [5.41, 5.74) is 0.439. The second-order valence-electron chi connectivity index (χ2n) is 5.26. The van der Waals surface area contributed by atoms with Crippen molar-refractivity contribution in [3.63, 3.8) is 0 Å². The number of anilines is 1. The minimum Gasteiger partial charge on any atom is -0.396 e. The van der Waals surface area contributed by atoms with E-state index in [1.807, 2.05) is 0 Å². The van der Waals surface area contributed by atoms with Gasteiger partial charge in [0.05, 0.1) is 6.61 Å². The van der Waals surface area contributed by atoms with Crippen LogP contribution >= 0.6 is 0 Å². The summed E-state index contributed by atoms with van der Waals surface area (Å²) in [6.07, 6.45) is 1.68. The number of nitrogens with one attached hydrogen (secondary N) is 2. The Morgan fingerprint density at radius 2 is 2.05 bits per heavy atom. The van der Waals surface area contributed by atoms with Crippen LogP contribution in [0.25, 0.3) is 0 Å². The number of amides is 2. The summed E-state index contributed by atoms with van der Waals surface area (Å²) >= 11 is 0. The number of aliphatic hydroxyl groups is 1. The number of halogens is 1. The molecule has 1 aliphatic rings. The van der Waals surface area contributed by atoms with Gasteiger partial charge in [-0.2, -0.15) is 0 Å². The van der Waals surface area contributed by atoms with Gasteiger partial charge in [-0.25, -0.2) is 4.39 Å². The van der Waals surface area contributed by atoms with Crippen LogP contribution < -0.4 is 10.6 Å². The average Bonchev–Trinajstić information content (AvgIpc) is 3.21. The first-order chi connectivity index (χ1) is 9.46. The maximum Gasteiger partial charge on any atom is 0.313 e. The Morgan fingerprint density at radius 1 is 1.35 bits per heavy atom. The Hall–Kier alpha value is -1.95. The second-order valence-corrected chi connectivity index (χ2v) is 5.26. The smallest absolute Gasteiger partial charge is 0.313 e. The van der Waals surface area contributed by atoms with E-state index >= 15 is 0 Å². The van der Waals surface area contributed by atoms with Crippen LogP contribution in [-0.4, -0.2) is 30.1 Å². The third kappa shape index (κ3) is 3.33. The number of aliphatic hydroxyl groups excluding tert-OH is 1. The van der Waals surface area contributed by atoms with Crippen LogP contribution in [0.4, 0.5) is 10.1 Å². The highest BCUT2D eigenvalue weighted by Crippen LogP contribution is 2.44. The molecule has 2 rings (SSSR count). The van der Waals surface area contributed by atoms with Crippen LogP contribution in [0.1, 0.15) is 18.4 Å². The molecule has 1 aromatic carbocycles. The summed E-state index contributed by atoms with van der Waals surface area (Å²) in [5, 5.41) is 13.9. The van der Waals surface area contributed by atoms with Gasteiger partial charge in [0.25, 0.3) is 0 Å². The van der Waals surface area contributed by atoms with Crippen molar-refractivity contribution in [3.8, 4) is 0 Å². The topological polar surface area (TPSA) is 78.4 Å². The van der Waals surface area contributed by atoms with E-state index < -0.39 is 17.6 Å². The minimum atomic E-state index is -0.845. The highest BCUT2D eigenvalue weighted by atomic mass is 19.1. The maximum atomic E-state index is 13.3. The van der Waals surface area contributed by atoms with Gasteiger partial charge in [-0.15, -0.1) is 0 Å². The van der Waals surface area contributed by atoms with Gasteiger partial charge in [0, 0.05) is 17.6 Å². The van der Waals surface area contributed by atoms with Crippen molar-refractivity contribution in [2.45, 2.75) is 19.8 Å². The lowest BCUT2D eigenvalue weighted by Gasteiger charge is -2.12. The Kier molecular flexibility index (Phi) is 4.04. The molecule has 2 amide bonds. The van der Waals surface area contributed by atoms with Gasteiger partial charge >= 0.3 is 11.8 Å². The molecule has 1 fully saturated rings. The number of carbonyl (C=O) groups is 2. The fourth-order valence-electron chi connectivity index (χ4n) is 1.77. The summed E-state index contributed by atoms with van der Waals surface area (Å²) in [6, 6.07) is 4.21. The zero-order chi connectivity index (χ0) is 14.8. The Labute approximate surface area is 116 Å². The summed E-state index contributed by atoms with van der Waals surface area (Å²) in [4.78, 5) is 23.2. The van der Waals surface area contributed by atoms with E-state index in [9.17, 15) is 14.0 Å². The first-order valence-corrected chi connectivity index (χ1v) is 6.42.